The van der Waals surface area contributed by atoms with Crippen molar-refractivity contribution < 1.29 is 14.6 Å². The molecule has 0 bridgehead atoms. The third-order valence-corrected chi connectivity index (χ3v) is 3.15. The minimum absolute atomic E-state index is 0. The second-order valence-electron chi connectivity index (χ2n) is 4.57. The van der Waals surface area contributed by atoms with Crippen LogP contribution >= 0.6 is 12.4 Å². The summed E-state index contributed by atoms with van der Waals surface area (Å²) in [6.45, 7) is 3.80. The summed E-state index contributed by atoms with van der Waals surface area (Å²) in [5.41, 5.74) is 1.49. The van der Waals surface area contributed by atoms with Crippen LogP contribution in [0, 0.1) is 0 Å². The molecule has 0 spiro atoms. The minimum Gasteiger partial charge on any atom is -0.874 e. The molecule has 0 saturated heterocycles. The number of nitrogens with zero attached hydrogens (tertiary/aromatic N) is 1. The number of benzene rings is 1. The van der Waals surface area contributed by atoms with Gasteiger partial charge in [-0.1, -0.05) is 30.3 Å². The summed E-state index contributed by atoms with van der Waals surface area (Å²) < 4.78 is 4.89. The smallest absolute Gasteiger partial charge is 0.333 e. The van der Waals surface area contributed by atoms with Crippen molar-refractivity contribution in [3.63, 3.8) is 0 Å². The SMILES string of the molecule is CCOC(=O)C1=C([O-])CN(Cc2ccccc2)CC1.Cl. The van der Waals surface area contributed by atoms with E-state index in [1.165, 1.54) is 5.56 Å². The largest absolute Gasteiger partial charge is 0.874 e. The van der Waals surface area contributed by atoms with Gasteiger partial charge in [-0.15, -0.1) is 18.2 Å². The summed E-state index contributed by atoms with van der Waals surface area (Å²) in [5, 5.41) is 11.9. The van der Waals surface area contributed by atoms with E-state index >= 15 is 0 Å². The summed E-state index contributed by atoms with van der Waals surface area (Å²) in [5.74, 6) is -0.563. The molecule has 1 heterocycles. The molecule has 0 amide bonds. The number of ether oxygens (including phenoxy) is 1. The fourth-order valence-electron chi connectivity index (χ4n) is 2.20. The molecule has 1 aliphatic heterocycles. The first-order valence-electron chi connectivity index (χ1n) is 6.53. The molecule has 110 valence electrons. The summed E-state index contributed by atoms with van der Waals surface area (Å²) in [6.07, 6.45) is 0.477. The maximum Gasteiger partial charge on any atom is 0.333 e. The van der Waals surface area contributed by atoms with Crippen molar-refractivity contribution in [3.8, 4) is 0 Å². The first kappa shape index (κ1) is 16.5. The van der Waals surface area contributed by atoms with Gasteiger partial charge in [-0.3, -0.25) is 4.90 Å². The van der Waals surface area contributed by atoms with Crippen molar-refractivity contribution in [1.82, 2.24) is 4.90 Å². The van der Waals surface area contributed by atoms with Crippen molar-refractivity contribution in [3.05, 3.63) is 47.2 Å². The van der Waals surface area contributed by atoms with E-state index in [0.717, 1.165) is 13.1 Å². The zero-order valence-corrected chi connectivity index (χ0v) is 12.3. The van der Waals surface area contributed by atoms with E-state index in [0.29, 0.717) is 25.1 Å². The molecule has 20 heavy (non-hydrogen) atoms. The van der Waals surface area contributed by atoms with Crippen LogP contribution in [0.2, 0.25) is 0 Å². The molecule has 0 saturated carbocycles. The molecule has 0 fully saturated rings. The fraction of sp³-hybridized carbons (Fsp3) is 0.400. The maximum atomic E-state index is 11.9. The molecular formula is C15H19ClNO3-. The van der Waals surface area contributed by atoms with Crippen LogP contribution in [0.3, 0.4) is 0 Å². The van der Waals surface area contributed by atoms with Crippen molar-refractivity contribution >= 4 is 18.4 Å². The molecule has 1 aromatic rings. The monoisotopic (exact) mass is 296 g/mol. The van der Waals surface area contributed by atoms with Crippen molar-refractivity contribution in [2.75, 3.05) is 19.7 Å². The Hall–Kier alpha value is -1.52. The normalized spacial score (nSPS) is 15.7. The van der Waals surface area contributed by atoms with Crippen LogP contribution in [0.15, 0.2) is 41.7 Å². The molecule has 1 aliphatic rings. The van der Waals surface area contributed by atoms with Gasteiger partial charge in [0.15, 0.2) is 0 Å². The molecule has 5 heteroatoms. The Kier molecular flexibility index (Phi) is 6.55. The number of hydrogen-bond acceptors (Lipinski definition) is 4. The Labute approximate surface area is 125 Å². The number of esters is 1. The maximum absolute atomic E-state index is 11.9. The molecule has 0 atom stereocenters. The van der Waals surface area contributed by atoms with Crippen LogP contribution in [0.5, 0.6) is 0 Å². The van der Waals surface area contributed by atoms with Crippen LogP contribution in [0.4, 0.5) is 0 Å². The average Bonchev–Trinajstić information content (AvgIpc) is 2.40. The topological polar surface area (TPSA) is 52.6 Å². The summed E-state index contributed by atoms with van der Waals surface area (Å²) >= 11 is 0. The van der Waals surface area contributed by atoms with E-state index in [1.54, 1.807) is 6.92 Å². The molecule has 0 radical (unpaired) electrons. The highest BCUT2D eigenvalue weighted by atomic mass is 35.5. The zero-order chi connectivity index (χ0) is 13.7. The van der Waals surface area contributed by atoms with Crippen molar-refractivity contribution in [1.29, 1.82) is 0 Å². The highest BCUT2D eigenvalue weighted by Gasteiger charge is 2.19. The first-order valence-corrected chi connectivity index (χ1v) is 6.53. The van der Waals surface area contributed by atoms with Crippen LogP contribution < -0.4 is 5.11 Å². The fourth-order valence-corrected chi connectivity index (χ4v) is 2.20. The van der Waals surface area contributed by atoms with E-state index in [2.05, 4.69) is 4.90 Å². The van der Waals surface area contributed by atoms with E-state index in [4.69, 9.17) is 4.74 Å². The van der Waals surface area contributed by atoms with Gasteiger partial charge in [-0.05, 0) is 18.9 Å². The minimum atomic E-state index is -0.452. The van der Waals surface area contributed by atoms with Gasteiger partial charge in [0.1, 0.15) is 0 Å². The predicted molar refractivity (Wildman–Crippen MR) is 77.2 cm³/mol. The lowest BCUT2D eigenvalue weighted by molar-refractivity contribution is -0.311. The molecule has 2 rings (SSSR count). The highest BCUT2D eigenvalue weighted by Crippen LogP contribution is 2.17. The van der Waals surface area contributed by atoms with Crippen molar-refractivity contribution in [2.45, 2.75) is 19.9 Å². The first-order chi connectivity index (χ1) is 9.20. The molecule has 0 aliphatic carbocycles. The molecule has 0 aromatic heterocycles. The summed E-state index contributed by atoms with van der Waals surface area (Å²) in [6, 6.07) is 10.0. The van der Waals surface area contributed by atoms with E-state index < -0.39 is 5.97 Å². The molecule has 1 aromatic carbocycles. The number of rotatable bonds is 4. The quantitative estimate of drug-likeness (QED) is 0.790. The third kappa shape index (κ3) is 4.25. The second kappa shape index (κ2) is 7.92. The number of hydrogen-bond donors (Lipinski definition) is 0. The molecule has 4 nitrogen and oxygen atoms in total. The Balaban J connectivity index is 0.00000200. The molecule has 0 N–H and O–H groups in total. The average molecular weight is 297 g/mol. The van der Waals surface area contributed by atoms with Crippen LogP contribution in [-0.2, 0) is 16.1 Å². The predicted octanol–water partition coefficient (Wildman–Crippen LogP) is 1.49. The molecular weight excluding hydrogens is 278 g/mol. The van der Waals surface area contributed by atoms with Gasteiger partial charge in [0.05, 0.1) is 6.61 Å². The zero-order valence-electron chi connectivity index (χ0n) is 11.5. The van der Waals surface area contributed by atoms with Crippen LogP contribution in [-0.4, -0.2) is 30.6 Å². The Morgan fingerprint density at radius 1 is 1.35 bits per heavy atom. The number of halogens is 1. The standard InChI is InChI=1S/C15H19NO3.ClH/c1-2-19-15(18)13-8-9-16(11-14(13)17)10-12-6-4-3-5-7-12;/h3-7,17H,2,8-11H2,1H3;1H/p-1. The lowest BCUT2D eigenvalue weighted by atomic mass is 10.1. The summed E-state index contributed by atoms with van der Waals surface area (Å²) in [4.78, 5) is 13.6. The lowest BCUT2D eigenvalue weighted by Crippen LogP contribution is -2.37. The highest BCUT2D eigenvalue weighted by molar-refractivity contribution is 5.89. The van der Waals surface area contributed by atoms with Gasteiger partial charge in [-0.25, -0.2) is 4.79 Å². The molecule has 0 unspecified atom stereocenters. The second-order valence-corrected chi connectivity index (χ2v) is 4.57. The third-order valence-electron chi connectivity index (χ3n) is 3.15. The summed E-state index contributed by atoms with van der Waals surface area (Å²) in [7, 11) is 0. The van der Waals surface area contributed by atoms with E-state index in [9.17, 15) is 9.90 Å². The van der Waals surface area contributed by atoms with Gasteiger partial charge in [-0.2, -0.15) is 0 Å². The van der Waals surface area contributed by atoms with Crippen molar-refractivity contribution in [2.24, 2.45) is 0 Å². The van der Waals surface area contributed by atoms with E-state index in [-0.39, 0.29) is 18.2 Å². The Morgan fingerprint density at radius 3 is 2.65 bits per heavy atom. The van der Waals surface area contributed by atoms with Gasteiger partial charge < -0.3 is 9.84 Å². The Morgan fingerprint density at radius 2 is 2.05 bits per heavy atom. The lowest BCUT2D eigenvalue weighted by Gasteiger charge is -2.32. The van der Waals surface area contributed by atoms with Gasteiger partial charge in [0.2, 0.25) is 0 Å². The Bertz CT molecular complexity index is 473. The van der Waals surface area contributed by atoms with Gasteiger partial charge >= 0.3 is 5.97 Å². The van der Waals surface area contributed by atoms with Crippen LogP contribution in [0.1, 0.15) is 18.9 Å². The van der Waals surface area contributed by atoms with E-state index in [1.807, 2.05) is 30.3 Å². The van der Waals surface area contributed by atoms with Gasteiger partial charge in [0, 0.05) is 25.2 Å². The van der Waals surface area contributed by atoms with Crippen LogP contribution in [0.25, 0.3) is 0 Å². The number of carbonyl (C=O) groups excluding carboxylic acids is 1. The number of carbonyl (C=O) groups is 1. The van der Waals surface area contributed by atoms with Gasteiger partial charge in [0.25, 0.3) is 0 Å².